The van der Waals surface area contributed by atoms with E-state index in [1.54, 1.807) is 31.7 Å². The number of benzene rings is 3. The molecule has 3 aromatic carbocycles. The molecule has 0 radical (unpaired) electrons. The molecule has 1 aromatic heterocycles. The summed E-state index contributed by atoms with van der Waals surface area (Å²) in [5.74, 6) is -2.39. The summed E-state index contributed by atoms with van der Waals surface area (Å²) in [4.78, 5) is 27.9. The van der Waals surface area contributed by atoms with Gasteiger partial charge >= 0.3 is 12.1 Å². The lowest BCUT2D eigenvalue weighted by Crippen LogP contribution is -2.66. The molecule has 0 aliphatic carbocycles. The first kappa shape index (κ1) is 38.6. The summed E-state index contributed by atoms with van der Waals surface area (Å²) in [6, 6.07) is 4.06. The Labute approximate surface area is 332 Å². The fourth-order valence-corrected chi connectivity index (χ4v) is 10.2. The molecule has 0 N–H and O–H groups in total. The first-order valence-corrected chi connectivity index (χ1v) is 19.7. The van der Waals surface area contributed by atoms with Crippen LogP contribution in [-0.4, -0.2) is 101 Å². The van der Waals surface area contributed by atoms with Gasteiger partial charge in [0.05, 0.1) is 40.7 Å². The molecule has 5 atom stereocenters. The summed E-state index contributed by atoms with van der Waals surface area (Å²) in [5.41, 5.74) is -2.54. The van der Waals surface area contributed by atoms with Crippen LogP contribution in [0.3, 0.4) is 0 Å². The third-order valence-corrected chi connectivity index (χ3v) is 12.5. The monoisotopic (exact) mass is 805 g/mol. The highest BCUT2D eigenvalue weighted by Crippen LogP contribution is 2.51. The van der Waals surface area contributed by atoms with Crippen LogP contribution in [0.4, 0.5) is 32.6 Å². The molecule has 9 rings (SSSR count). The second-order valence-corrected chi connectivity index (χ2v) is 17.2. The SMILES string of the molecule is C#Cc1c(F)ccc2cc(OCOC)cc(-c3c(F)c4c5c(nc(OC[C@@]67CCCN6C[C@H](F)C7)nc5c3F)N3C[C@@]5(F)CC[C@@H]([C@H]3CC4)N5C(=O)OC(C)(C)C)c12. The summed E-state index contributed by atoms with van der Waals surface area (Å²) in [6.45, 7) is 5.58. The number of alkyl halides is 2. The number of piperazine rings is 1. The van der Waals surface area contributed by atoms with E-state index in [0.717, 1.165) is 6.42 Å². The number of aryl methyl sites for hydroxylation is 1. The summed E-state index contributed by atoms with van der Waals surface area (Å²) < 4.78 is 105. The molecule has 0 saturated carbocycles. The normalized spacial score (nSPS) is 26.4. The van der Waals surface area contributed by atoms with Crippen molar-refractivity contribution in [1.82, 2.24) is 19.8 Å². The highest BCUT2D eigenvalue weighted by atomic mass is 19.2. The molecule has 10 nitrogen and oxygen atoms in total. The summed E-state index contributed by atoms with van der Waals surface area (Å²) in [6.07, 6.45) is 6.35. The van der Waals surface area contributed by atoms with Crippen molar-refractivity contribution in [1.29, 1.82) is 0 Å². The number of fused-ring (bicyclic) bond motifs is 7. The van der Waals surface area contributed by atoms with Crippen LogP contribution in [0, 0.1) is 29.8 Å². The lowest BCUT2D eigenvalue weighted by molar-refractivity contribution is -0.0581. The highest BCUT2D eigenvalue weighted by Gasteiger charge is 2.60. The van der Waals surface area contributed by atoms with Crippen molar-refractivity contribution in [3.63, 3.8) is 0 Å². The quantitative estimate of drug-likeness (QED) is 0.0799. The standard InChI is InChI=1S/C43H44F5N5O5/c1-6-26-29(45)10-8-23-16-25(57-22-55-5)17-28(32(23)26)33-35(46)27-9-11-30-31-12-14-43(48,53(31)40(54)58-41(2,3)4)20-52(30)38-34(27)37(36(33)47)49-39(50-38)56-21-42-13-7-15-51(42)19-24(44)18-42/h1,8,10,16-17,24,30-31H,7,9,11-15,18-22H2,2-5H3/t24-,30-,31+,42+,43-/m1/s1. The summed E-state index contributed by atoms with van der Waals surface area (Å²) in [7, 11) is 1.42. The average Bonchev–Trinajstić information content (AvgIpc) is 3.74. The smallest absolute Gasteiger partial charge is 0.413 e. The Morgan fingerprint density at radius 2 is 1.86 bits per heavy atom. The van der Waals surface area contributed by atoms with Gasteiger partial charge in [0.25, 0.3) is 0 Å². The van der Waals surface area contributed by atoms with E-state index in [-0.39, 0.29) is 103 Å². The Morgan fingerprint density at radius 3 is 2.62 bits per heavy atom. The largest absolute Gasteiger partial charge is 0.468 e. The average molecular weight is 806 g/mol. The number of carbonyl (C=O) groups excluding carboxylic acids is 1. The van der Waals surface area contributed by atoms with Crippen LogP contribution >= 0.6 is 0 Å². The Kier molecular flexibility index (Phi) is 9.20. The molecule has 0 unspecified atom stereocenters. The molecule has 4 fully saturated rings. The van der Waals surface area contributed by atoms with Gasteiger partial charge in [0.2, 0.25) is 5.79 Å². The molecule has 1 amide bonds. The maximum Gasteiger partial charge on any atom is 0.413 e. The van der Waals surface area contributed by atoms with Crippen LogP contribution < -0.4 is 14.4 Å². The molecular formula is C43H44F5N5O5. The van der Waals surface area contributed by atoms with Crippen LogP contribution in [0.25, 0.3) is 32.8 Å². The number of halogens is 5. The van der Waals surface area contributed by atoms with Crippen molar-refractivity contribution in [3.8, 4) is 35.2 Å². The Hall–Kier alpha value is -4.94. The molecule has 4 saturated heterocycles. The fraction of sp³-hybridized carbons (Fsp3) is 0.512. The Bertz CT molecular complexity index is 2400. The van der Waals surface area contributed by atoms with E-state index in [0.29, 0.717) is 24.8 Å². The molecule has 58 heavy (non-hydrogen) atoms. The van der Waals surface area contributed by atoms with Crippen LogP contribution in [0.5, 0.6) is 11.8 Å². The Balaban J connectivity index is 1.25. The molecule has 2 bridgehead atoms. The zero-order valence-corrected chi connectivity index (χ0v) is 32.8. The second kappa shape index (κ2) is 13.8. The maximum absolute atomic E-state index is 17.7. The number of methoxy groups -OCH3 is 1. The van der Waals surface area contributed by atoms with Crippen molar-refractivity contribution >= 4 is 33.6 Å². The van der Waals surface area contributed by atoms with Gasteiger partial charge in [-0.25, -0.2) is 26.7 Å². The third-order valence-electron chi connectivity index (χ3n) is 12.5. The number of aromatic nitrogens is 2. The van der Waals surface area contributed by atoms with Crippen molar-refractivity contribution in [2.24, 2.45) is 0 Å². The minimum absolute atomic E-state index is 0.0146. The minimum Gasteiger partial charge on any atom is -0.468 e. The number of rotatable bonds is 7. The Morgan fingerprint density at radius 1 is 1.05 bits per heavy atom. The van der Waals surface area contributed by atoms with Crippen molar-refractivity contribution < 1.29 is 45.7 Å². The van der Waals surface area contributed by atoms with Gasteiger partial charge in [-0.1, -0.05) is 12.0 Å². The summed E-state index contributed by atoms with van der Waals surface area (Å²) in [5, 5.41) is 0.481. The predicted molar refractivity (Wildman–Crippen MR) is 206 cm³/mol. The molecule has 15 heteroatoms. The van der Waals surface area contributed by atoms with Crippen molar-refractivity contribution in [2.45, 2.75) is 101 Å². The number of terminal acetylenes is 1. The van der Waals surface area contributed by atoms with E-state index >= 15 is 17.6 Å². The number of anilines is 1. The molecule has 5 aliphatic rings. The minimum atomic E-state index is -2.18. The second-order valence-electron chi connectivity index (χ2n) is 17.2. The first-order chi connectivity index (χ1) is 27.6. The number of ether oxygens (including phenoxy) is 4. The lowest BCUT2D eigenvalue weighted by atomic mass is 9.90. The fourth-order valence-electron chi connectivity index (χ4n) is 10.2. The maximum atomic E-state index is 17.7. The first-order valence-electron chi connectivity index (χ1n) is 19.7. The third kappa shape index (κ3) is 6.08. The topological polar surface area (TPSA) is 89.5 Å². The van der Waals surface area contributed by atoms with Gasteiger partial charge in [-0.15, -0.1) is 6.42 Å². The van der Waals surface area contributed by atoms with Gasteiger partial charge in [-0.3, -0.25) is 9.80 Å². The highest BCUT2D eigenvalue weighted by molar-refractivity contribution is 6.05. The van der Waals surface area contributed by atoms with Gasteiger partial charge < -0.3 is 23.8 Å². The molecular weight excluding hydrogens is 761 g/mol. The van der Waals surface area contributed by atoms with Crippen LogP contribution in [0.1, 0.15) is 70.4 Å². The van der Waals surface area contributed by atoms with E-state index in [2.05, 4.69) is 15.8 Å². The zero-order chi connectivity index (χ0) is 40.9. The molecule has 0 spiro atoms. The number of carbonyl (C=O) groups is 1. The van der Waals surface area contributed by atoms with Gasteiger partial charge in [0, 0.05) is 43.0 Å². The van der Waals surface area contributed by atoms with Gasteiger partial charge in [0.15, 0.2) is 12.6 Å². The van der Waals surface area contributed by atoms with Gasteiger partial charge in [0.1, 0.15) is 47.1 Å². The van der Waals surface area contributed by atoms with E-state index in [9.17, 15) is 9.18 Å². The summed E-state index contributed by atoms with van der Waals surface area (Å²) >= 11 is 0. The number of nitrogens with zero attached hydrogens (tertiary/aromatic N) is 5. The van der Waals surface area contributed by atoms with Crippen LogP contribution in [0.15, 0.2) is 24.3 Å². The predicted octanol–water partition coefficient (Wildman–Crippen LogP) is 7.99. The molecule has 6 heterocycles. The van der Waals surface area contributed by atoms with E-state index in [1.807, 2.05) is 0 Å². The molecule has 4 aromatic rings. The number of hydrogen-bond donors (Lipinski definition) is 0. The number of amides is 1. The van der Waals surface area contributed by atoms with Crippen LogP contribution in [-0.2, 0) is 15.9 Å². The van der Waals surface area contributed by atoms with Gasteiger partial charge in [-0.05, 0) is 83.0 Å². The van der Waals surface area contributed by atoms with Crippen LogP contribution in [0.2, 0.25) is 0 Å². The number of hydrogen-bond acceptors (Lipinski definition) is 9. The molecule has 306 valence electrons. The molecule has 5 aliphatic heterocycles. The van der Waals surface area contributed by atoms with E-state index in [4.69, 9.17) is 30.4 Å². The van der Waals surface area contributed by atoms with E-state index in [1.165, 1.54) is 30.2 Å². The van der Waals surface area contributed by atoms with Gasteiger partial charge in [-0.2, -0.15) is 9.97 Å². The van der Waals surface area contributed by atoms with E-state index < -0.39 is 64.3 Å². The zero-order valence-electron chi connectivity index (χ0n) is 32.8. The van der Waals surface area contributed by atoms with Crippen molar-refractivity contribution in [3.05, 3.63) is 52.8 Å². The van der Waals surface area contributed by atoms with Crippen molar-refractivity contribution in [2.75, 3.05) is 45.0 Å². The lowest BCUT2D eigenvalue weighted by Gasteiger charge is -2.49.